The Morgan fingerprint density at radius 1 is 1.09 bits per heavy atom. The fourth-order valence-corrected chi connectivity index (χ4v) is 3.50. The second kappa shape index (κ2) is 9.61. The van der Waals surface area contributed by atoms with Gasteiger partial charge >= 0.3 is 0 Å². The van der Waals surface area contributed by atoms with E-state index in [1.54, 1.807) is 18.3 Å². The van der Waals surface area contributed by atoms with Gasteiger partial charge in [-0.3, -0.25) is 4.79 Å². The SMILES string of the molecule is N#C/C(=C\c1c[nH]c2ccc(OCc3ccccc3)cc12)C(=O)Nc1cc(Cl)ccc1Cl. The Morgan fingerprint density at radius 2 is 1.91 bits per heavy atom. The van der Waals surface area contributed by atoms with Crippen LogP contribution >= 0.6 is 23.2 Å². The summed E-state index contributed by atoms with van der Waals surface area (Å²) in [5, 5.41) is 13.8. The molecule has 1 aromatic heterocycles. The van der Waals surface area contributed by atoms with Crippen molar-refractivity contribution in [3.8, 4) is 11.8 Å². The lowest BCUT2D eigenvalue weighted by Gasteiger charge is -2.07. The smallest absolute Gasteiger partial charge is 0.266 e. The van der Waals surface area contributed by atoms with Gasteiger partial charge in [0.15, 0.2) is 0 Å². The number of fused-ring (bicyclic) bond motifs is 1. The number of hydrogen-bond donors (Lipinski definition) is 2. The molecule has 4 rings (SSSR count). The van der Waals surface area contributed by atoms with Crippen molar-refractivity contribution in [1.29, 1.82) is 5.26 Å². The first kappa shape index (κ1) is 21.5. The molecular weight excluding hydrogens is 445 g/mol. The first-order valence-electron chi connectivity index (χ1n) is 9.69. The molecule has 0 radical (unpaired) electrons. The molecule has 1 amide bonds. The van der Waals surface area contributed by atoms with Crippen molar-refractivity contribution >= 4 is 51.8 Å². The predicted octanol–water partition coefficient (Wildman–Crippen LogP) is 6.60. The number of ether oxygens (including phenoxy) is 1. The van der Waals surface area contributed by atoms with Gasteiger partial charge in [-0.25, -0.2) is 0 Å². The highest BCUT2D eigenvalue weighted by Crippen LogP contribution is 2.28. The third kappa shape index (κ3) is 4.94. The maximum atomic E-state index is 12.7. The fourth-order valence-electron chi connectivity index (χ4n) is 3.16. The van der Waals surface area contributed by atoms with E-state index in [0.29, 0.717) is 33.7 Å². The van der Waals surface area contributed by atoms with Gasteiger partial charge in [0.25, 0.3) is 5.91 Å². The van der Waals surface area contributed by atoms with Gasteiger partial charge in [-0.15, -0.1) is 0 Å². The Balaban J connectivity index is 1.57. The highest BCUT2D eigenvalue weighted by molar-refractivity contribution is 6.36. The highest BCUT2D eigenvalue weighted by Gasteiger charge is 2.13. The number of rotatable bonds is 6. The summed E-state index contributed by atoms with van der Waals surface area (Å²) >= 11 is 12.1. The van der Waals surface area contributed by atoms with Crippen LogP contribution in [0.2, 0.25) is 10.0 Å². The molecular formula is C25H17Cl2N3O2. The number of nitriles is 1. The Kier molecular flexibility index (Phi) is 6.46. The summed E-state index contributed by atoms with van der Waals surface area (Å²) in [7, 11) is 0. The number of nitrogens with one attached hydrogen (secondary N) is 2. The molecule has 0 unspecified atom stereocenters. The summed E-state index contributed by atoms with van der Waals surface area (Å²) in [6.45, 7) is 0.439. The van der Waals surface area contributed by atoms with E-state index in [4.69, 9.17) is 27.9 Å². The summed E-state index contributed by atoms with van der Waals surface area (Å²) in [6.07, 6.45) is 3.26. The van der Waals surface area contributed by atoms with Crippen LogP contribution in [0.1, 0.15) is 11.1 Å². The molecule has 0 aliphatic carbocycles. The Bertz CT molecular complexity index is 1350. The largest absolute Gasteiger partial charge is 0.489 e. The second-order valence-corrected chi connectivity index (χ2v) is 7.82. The standard InChI is InChI=1S/C25H17Cl2N3O2/c26-19-6-8-22(27)24(11-19)30-25(31)17(13-28)10-18-14-29-23-9-7-20(12-21(18)23)32-15-16-4-2-1-3-5-16/h1-12,14,29H,15H2,(H,30,31)/b17-10+. The summed E-state index contributed by atoms with van der Waals surface area (Å²) in [5.41, 5.74) is 2.87. The molecule has 32 heavy (non-hydrogen) atoms. The number of anilines is 1. The zero-order chi connectivity index (χ0) is 22.5. The van der Waals surface area contributed by atoms with Crippen LogP contribution in [0.15, 0.2) is 78.5 Å². The lowest BCUT2D eigenvalue weighted by atomic mass is 10.1. The molecule has 1 heterocycles. The van der Waals surface area contributed by atoms with Gasteiger partial charge < -0.3 is 15.0 Å². The molecule has 2 N–H and O–H groups in total. The Hall–Kier alpha value is -3.72. The normalized spacial score (nSPS) is 11.2. The summed E-state index contributed by atoms with van der Waals surface area (Å²) in [5.74, 6) is 0.103. The zero-order valence-corrected chi connectivity index (χ0v) is 18.2. The quantitative estimate of drug-likeness (QED) is 0.250. The van der Waals surface area contributed by atoms with E-state index in [1.165, 1.54) is 12.1 Å². The van der Waals surface area contributed by atoms with Crippen molar-refractivity contribution < 1.29 is 9.53 Å². The third-order valence-electron chi connectivity index (χ3n) is 4.78. The van der Waals surface area contributed by atoms with Crippen molar-refractivity contribution in [2.24, 2.45) is 0 Å². The molecule has 0 aliphatic heterocycles. The van der Waals surface area contributed by atoms with Crippen molar-refractivity contribution in [2.45, 2.75) is 6.61 Å². The lowest BCUT2D eigenvalue weighted by Crippen LogP contribution is -2.13. The first-order chi connectivity index (χ1) is 15.5. The van der Waals surface area contributed by atoms with Crippen molar-refractivity contribution in [2.75, 3.05) is 5.32 Å². The maximum Gasteiger partial charge on any atom is 0.266 e. The van der Waals surface area contributed by atoms with E-state index < -0.39 is 5.91 Å². The summed E-state index contributed by atoms with van der Waals surface area (Å²) in [4.78, 5) is 15.8. The molecule has 0 aliphatic rings. The van der Waals surface area contributed by atoms with E-state index in [9.17, 15) is 10.1 Å². The monoisotopic (exact) mass is 461 g/mol. The number of carbonyl (C=O) groups excluding carboxylic acids is 1. The summed E-state index contributed by atoms with van der Waals surface area (Å²) in [6, 6.07) is 22.2. The van der Waals surface area contributed by atoms with Crippen molar-refractivity contribution in [1.82, 2.24) is 4.98 Å². The number of H-pyrrole nitrogens is 1. The van der Waals surface area contributed by atoms with Gasteiger partial charge in [0.05, 0.1) is 10.7 Å². The van der Waals surface area contributed by atoms with Gasteiger partial charge in [0.1, 0.15) is 24.0 Å². The van der Waals surface area contributed by atoms with E-state index in [2.05, 4.69) is 10.3 Å². The van der Waals surface area contributed by atoms with Gasteiger partial charge in [0.2, 0.25) is 0 Å². The molecule has 7 heteroatoms. The maximum absolute atomic E-state index is 12.7. The molecule has 0 atom stereocenters. The first-order valence-corrected chi connectivity index (χ1v) is 10.4. The molecule has 0 saturated heterocycles. The van der Waals surface area contributed by atoms with Crippen LogP contribution in [0, 0.1) is 11.3 Å². The second-order valence-electron chi connectivity index (χ2n) is 6.97. The minimum absolute atomic E-state index is 0.0717. The van der Waals surface area contributed by atoms with E-state index >= 15 is 0 Å². The molecule has 3 aromatic carbocycles. The fraction of sp³-hybridized carbons (Fsp3) is 0.0400. The van der Waals surface area contributed by atoms with Gasteiger partial charge in [-0.05, 0) is 48.0 Å². The minimum atomic E-state index is -0.581. The Morgan fingerprint density at radius 3 is 2.69 bits per heavy atom. The molecule has 0 spiro atoms. The molecule has 0 bridgehead atoms. The van der Waals surface area contributed by atoms with Gasteiger partial charge in [-0.1, -0.05) is 53.5 Å². The van der Waals surface area contributed by atoms with Crippen molar-refractivity contribution in [3.63, 3.8) is 0 Å². The summed E-state index contributed by atoms with van der Waals surface area (Å²) < 4.78 is 5.90. The molecule has 5 nitrogen and oxygen atoms in total. The minimum Gasteiger partial charge on any atom is -0.489 e. The molecule has 158 valence electrons. The van der Waals surface area contributed by atoms with Crippen LogP contribution < -0.4 is 10.1 Å². The van der Waals surface area contributed by atoms with Gasteiger partial charge in [-0.2, -0.15) is 5.26 Å². The average Bonchev–Trinajstić information content (AvgIpc) is 3.21. The molecule has 0 saturated carbocycles. The Labute approximate surface area is 194 Å². The average molecular weight is 462 g/mol. The zero-order valence-electron chi connectivity index (χ0n) is 16.7. The lowest BCUT2D eigenvalue weighted by molar-refractivity contribution is -0.112. The molecule has 0 fully saturated rings. The number of benzene rings is 3. The number of aromatic amines is 1. The highest BCUT2D eigenvalue weighted by atomic mass is 35.5. The van der Waals surface area contributed by atoms with E-state index in [1.807, 2.05) is 54.6 Å². The third-order valence-corrected chi connectivity index (χ3v) is 5.34. The number of aromatic nitrogens is 1. The van der Waals surface area contributed by atoms with Crippen LogP contribution in [0.5, 0.6) is 5.75 Å². The van der Waals surface area contributed by atoms with Crippen LogP contribution in [-0.2, 0) is 11.4 Å². The van der Waals surface area contributed by atoms with Crippen LogP contribution in [0.25, 0.3) is 17.0 Å². The van der Waals surface area contributed by atoms with Crippen LogP contribution in [-0.4, -0.2) is 10.9 Å². The predicted molar refractivity (Wildman–Crippen MR) is 128 cm³/mol. The number of carbonyl (C=O) groups is 1. The van der Waals surface area contributed by atoms with E-state index in [0.717, 1.165) is 16.5 Å². The van der Waals surface area contributed by atoms with Crippen LogP contribution in [0.3, 0.4) is 0 Å². The van der Waals surface area contributed by atoms with Gasteiger partial charge in [0, 0.05) is 27.7 Å². The number of nitrogens with zero attached hydrogens (tertiary/aromatic N) is 1. The number of halogens is 2. The van der Waals surface area contributed by atoms with Crippen LogP contribution in [0.4, 0.5) is 5.69 Å². The molecule has 4 aromatic rings. The topological polar surface area (TPSA) is 77.9 Å². The van der Waals surface area contributed by atoms with E-state index in [-0.39, 0.29) is 5.57 Å². The van der Waals surface area contributed by atoms with Crippen molar-refractivity contribution in [3.05, 3.63) is 99.7 Å². The number of hydrogen-bond acceptors (Lipinski definition) is 3. The number of amides is 1.